The average Bonchev–Trinajstić information content (AvgIpc) is 2.42. The first-order valence-corrected chi connectivity index (χ1v) is 7.17. The summed E-state index contributed by atoms with van der Waals surface area (Å²) in [7, 11) is 0. The number of carbonyl (C=O) groups excluding carboxylic acids is 2. The van der Waals surface area contributed by atoms with Gasteiger partial charge in [-0.15, -0.1) is 0 Å². The molecule has 0 aromatic heterocycles. The van der Waals surface area contributed by atoms with Crippen LogP contribution in [0.4, 0.5) is 0 Å². The van der Waals surface area contributed by atoms with Crippen LogP contribution in [0.25, 0.3) is 0 Å². The minimum atomic E-state index is -1.10. The third-order valence-electron chi connectivity index (χ3n) is 2.78. The summed E-state index contributed by atoms with van der Waals surface area (Å²) in [5.74, 6) is -2.30. The molecular formula is C14H17BrN2O4. The fraction of sp³-hybridized carbons (Fsp3) is 0.357. The standard InChI is InChI=1S/C14H17BrN2O4/c1-8(2)12(14(20)21)17-11(18)7-16-13(19)9-5-3-4-6-10(9)15/h3-6,8,12H,7H2,1-2H3,(H,16,19)(H,17,18)(H,20,21). The van der Waals surface area contributed by atoms with Gasteiger partial charge in [-0.3, -0.25) is 9.59 Å². The van der Waals surface area contributed by atoms with Crippen LogP contribution in [0.3, 0.4) is 0 Å². The summed E-state index contributed by atoms with van der Waals surface area (Å²) in [6, 6.07) is 5.84. The van der Waals surface area contributed by atoms with Crippen LogP contribution in [-0.4, -0.2) is 35.5 Å². The Bertz CT molecular complexity index is 546. The smallest absolute Gasteiger partial charge is 0.326 e. The molecule has 21 heavy (non-hydrogen) atoms. The van der Waals surface area contributed by atoms with E-state index in [4.69, 9.17) is 5.11 Å². The van der Waals surface area contributed by atoms with Gasteiger partial charge in [-0.1, -0.05) is 26.0 Å². The van der Waals surface area contributed by atoms with E-state index in [1.807, 2.05) is 0 Å². The molecule has 0 spiro atoms. The zero-order chi connectivity index (χ0) is 16.0. The molecule has 3 N–H and O–H groups in total. The summed E-state index contributed by atoms with van der Waals surface area (Å²) in [6.45, 7) is 3.11. The molecule has 0 radical (unpaired) electrons. The summed E-state index contributed by atoms with van der Waals surface area (Å²) in [4.78, 5) is 34.5. The van der Waals surface area contributed by atoms with Crippen molar-refractivity contribution in [1.29, 1.82) is 0 Å². The second-order valence-corrected chi connectivity index (χ2v) is 5.64. The molecule has 114 valence electrons. The van der Waals surface area contributed by atoms with E-state index >= 15 is 0 Å². The van der Waals surface area contributed by atoms with Gasteiger partial charge in [-0.05, 0) is 34.0 Å². The van der Waals surface area contributed by atoms with E-state index in [2.05, 4.69) is 26.6 Å². The summed E-state index contributed by atoms with van der Waals surface area (Å²) in [5, 5.41) is 13.8. The zero-order valence-corrected chi connectivity index (χ0v) is 13.3. The number of hydrogen-bond donors (Lipinski definition) is 3. The molecule has 0 saturated heterocycles. The van der Waals surface area contributed by atoms with E-state index in [0.717, 1.165) is 0 Å². The molecule has 2 amide bonds. The van der Waals surface area contributed by atoms with Crippen molar-refractivity contribution < 1.29 is 19.5 Å². The molecule has 1 atom stereocenters. The van der Waals surface area contributed by atoms with Crippen LogP contribution < -0.4 is 10.6 Å². The number of carboxylic acid groups (broad SMARTS) is 1. The highest BCUT2D eigenvalue weighted by Gasteiger charge is 2.23. The van der Waals surface area contributed by atoms with Gasteiger partial charge in [-0.25, -0.2) is 4.79 Å². The summed E-state index contributed by atoms with van der Waals surface area (Å²) in [6.07, 6.45) is 0. The lowest BCUT2D eigenvalue weighted by molar-refractivity contribution is -0.142. The Labute approximate surface area is 131 Å². The van der Waals surface area contributed by atoms with Gasteiger partial charge >= 0.3 is 5.97 Å². The van der Waals surface area contributed by atoms with Gasteiger partial charge in [0.15, 0.2) is 0 Å². The second kappa shape index (κ2) is 7.78. The first kappa shape index (κ1) is 17.2. The zero-order valence-electron chi connectivity index (χ0n) is 11.7. The van der Waals surface area contributed by atoms with Crippen LogP contribution in [0.2, 0.25) is 0 Å². The molecule has 0 saturated carbocycles. The predicted octanol–water partition coefficient (Wildman–Crippen LogP) is 1.40. The molecule has 1 aromatic rings. The minimum Gasteiger partial charge on any atom is -0.480 e. The van der Waals surface area contributed by atoms with Crippen LogP contribution in [0, 0.1) is 5.92 Å². The lowest BCUT2D eigenvalue weighted by Crippen LogP contribution is -2.48. The van der Waals surface area contributed by atoms with E-state index in [0.29, 0.717) is 10.0 Å². The summed E-state index contributed by atoms with van der Waals surface area (Å²) < 4.78 is 0.619. The molecular weight excluding hydrogens is 340 g/mol. The largest absolute Gasteiger partial charge is 0.480 e. The SMILES string of the molecule is CC(C)C(NC(=O)CNC(=O)c1ccccc1Br)C(=O)O. The Kier molecular flexibility index (Phi) is 6.36. The molecule has 0 aliphatic heterocycles. The molecule has 0 bridgehead atoms. The van der Waals surface area contributed by atoms with E-state index in [1.165, 1.54) is 0 Å². The fourth-order valence-electron chi connectivity index (χ4n) is 1.64. The quantitative estimate of drug-likeness (QED) is 0.717. The predicted molar refractivity (Wildman–Crippen MR) is 80.9 cm³/mol. The topological polar surface area (TPSA) is 95.5 Å². The number of aliphatic carboxylic acids is 1. The van der Waals surface area contributed by atoms with Crippen molar-refractivity contribution in [2.45, 2.75) is 19.9 Å². The fourth-order valence-corrected chi connectivity index (χ4v) is 2.10. The second-order valence-electron chi connectivity index (χ2n) is 4.79. The van der Waals surface area contributed by atoms with E-state index in [-0.39, 0.29) is 12.5 Å². The molecule has 0 aliphatic rings. The van der Waals surface area contributed by atoms with Gasteiger partial charge in [0.1, 0.15) is 6.04 Å². The summed E-state index contributed by atoms with van der Waals surface area (Å²) >= 11 is 3.24. The van der Waals surface area contributed by atoms with Gasteiger partial charge in [0.05, 0.1) is 12.1 Å². The van der Waals surface area contributed by atoms with E-state index in [1.54, 1.807) is 38.1 Å². The maximum atomic E-state index is 11.9. The molecule has 1 rings (SSSR count). The Morgan fingerprint density at radius 1 is 1.24 bits per heavy atom. The number of hydrogen-bond acceptors (Lipinski definition) is 3. The van der Waals surface area contributed by atoms with Gasteiger partial charge in [0.25, 0.3) is 5.91 Å². The molecule has 7 heteroatoms. The van der Waals surface area contributed by atoms with Crippen LogP contribution >= 0.6 is 15.9 Å². The number of rotatable bonds is 6. The summed E-state index contributed by atoms with van der Waals surface area (Å²) in [5.41, 5.74) is 0.406. The Balaban J connectivity index is 2.55. The van der Waals surface area contributed by atoms with Crippen LogP contribution in [0.5, 0.6) is 0 Å². The van der Waals surface area contributed by atoms with Crippen LogP contribution in [0.15, 0.2) is 28.7 Å². The van der Waals surface area contributed by atoms with Gasteiger partial charge < -0.3 is 15.7 Å². The molecule has 6 nitrogen and oxygen atoms in total. The van der Waals surface area contributed by atoms with Gasteiger partial charge in [0.2, 0.25) is 5.91 Å². The lowest BCUT2D eigenvalue weighted by Gasteiger charge is -2.18. The van der Waals surface area contributed by atoms with Crippen molar-refractivity contribution >= 4 is 33.7 Å². The molecule has 0 fully saturated rings. The third-order valence-corrected chi connectivity index (χ3v) is 3.47. The average molecular weight is 357 g/mol. The molecule has 0 aliphatic carbocycles. The van der Waals surface area contributed by atoms with Crippen LogP contribution in [-0.2, 0) is 9.59 Å². The first-order valence-electron chi connectivity index (χ1n) is 6.37. The monoisotopic (exact) mass is 356 g/mol. The highest BCUT2D eigenvalue weighted by atomic mass is 79.9. The Hall–Kier alpha value is -1.89. The number of benzene rings is 1. The van der Waals surface area contributed by atoms with Crippen molar-refractivity contribution in [1.82, 2.24) is 10.6 Å². The normalized spacial score (nSPS) is 11.8. The van der Waals surface area contributed by atoms with Crippen molar-refractivity contribution in [2.24, 2.45) is 5.92 Å². The maximum Gasteiger partial charge on any atom is 0.326 e. The van der Waals surface area contributed by atoms with Gasteiger partial charge in [0, 0.05) is 4.47 Å². The minimum absolute atomic E-state index is 0.245. The molecule has 1 unspecified atom stereocenters. The third kappa shape index (κ3) is 5.18. The van der Waals surface area contributed by atoms with Gasteiger partial charge in [-0.2, -0.15) is 0 Å². The number of carboxylic acids is 1. The number of amides is 2. The van der Waals surface area contributed by atoms with E-state index in [9.17, 15) is 14.4 Å². The Morgan fingerprint density at radius 2 is 1.86 bits per heavy atom. The first-order chi connectivity index (χ1) is 9.82. The highest BCUT2D eigenvalue weighted by Crippen LogP contribution is 2.15. The van der Waals surface area contributed by atoms with Crippen molar-refractivity contribution in [3.63, 3.8) is 0 Å². The van der Waals surface area contributed by atoms with Crippen molar-refractivity contribution in [3.8, 4) is 0 Å². The number of nitrogens with one attached hydrogen (secondary N) is 2. The lowest BCUT2D eigenvalue weighted by atomic mass is 10.1. The highest BCUT2D eigenvalue weighted by molar-refractivity contribution is 9.10. The number of halogens is 1. The Morgan fingerprint density at radius 3 is 2.38 bits per heavy atom. The molecule has 1 aromatic carbocycles. The van der Waals surface area contributed by atoms with Crippen molar-refractivity contribution in [2.75, 3.05) is 6.54 Å². The van der Waals surface area contributed by atoms with Crippen LogP contribution in [0.1, 0.15) is 24.2 Å². The van der Waals surface area contributed by atoms with Crippen molar-refractivity contribution in [3.05, 3.63) is 34.3 Å². The van der Waals surface area contributed by atoms with E-state index < -0.39 is 23.8 Å². The molecule has 0 heterocycles. The maximum absolute atomic E-state index is 11.9. The number of carbonyl (C=O) groups is 3.